The summed E-state index contributed by atoms with van der Waals surface area (Å²) < 4.78 is 5.46. The molecule has 2 aliphatic heterocycles. The lowest BCUT2D eigenvalue weighted by Crippen LogP contribution is -2.43. The Morgan fingerprint density at radius 3 is 2.48 bits per heavy atom. The lowest BCUT2D eigenvalue weighted by molar-refractivity contribution is 0.0737. The first-order valence-electron chi connectivity index (χ1n) is 8.53. The average Bonchev–Trinajstić information content (AvgIpc) is 2.58. The lowest BCUT2D eigenvalue weighted by atomic mass is 10.0. The summed E-state index contributed by atoms with van der Waals surface area (Å²) in [5, 5.41) is 3.80. The monoisotopic (exact) mass is 288 g/mol. The summed E-state index contributed by atoms with van der Waals surface area (Å²) in [4.78, 5) is 2.67. The van der Waals surface area contributed by atoms with Gasteiger partial charge in [-0.3, -0.25) is 4.90 Å². The van der Waals surface area contributed by atoms with E-state index in [0.29, 0.717) is 12.1 Å². The zero-order valence-corrected chi connectivity index (χ0v) is 13.0. The van der Waals surface area contributed by atoms with Gasteiger partial charge in [0, 0.05) is 31.8 Å². The first-order chi connectivity index (χ1) is 10.4. The number of nitrogens with one attached hydrogen (secondary N) is 1. The minimum atomic E-state index is 0.523. The second-order valence-electron chi connectivity index (χ2n) is 6.32. The standard InChI is InChI=1S/C18H28N2O/c1-3-7-16(8-4-1)18(20-11-5-2-6-12-20)15-19-17-9-13-21-14-10-17/h1,3-4,7-8,17-19H,2,5-6,9-15H2/t18-/m1/s1. The van der Waals surface area contributed by atoms with Crippen LogP contribution in [0.5, 0.6) is 0 Å². The number of ether oxygens (including phenoxy) is 1. The number of hydrogen-bond donors (Lipinski definition) is 1. The summed E-state index contributed by atoms with van der Waals surface area (Å²) in [6.07, 6.45) is 6.40. The van der Waals surface area contributed by atoms with Crippen LogP contribution in [-0.2, 0) is 4.74 Å². The van der Waals surface area contributed by atoms with E-state index in [2.05, 4.69) is 40.5 Å². The van der Waals surface area contributed by atoms with Gasteiger partial charge in [0.2, 0.25) is 0 Å². The summed E-state index contributed by atoms with van der Waals surface area (Å²) in [5.74, 6) is 0. The molecule has 3 nitrogen and oxygen atoms in total. The summed E-state index contributed by atoms with van der Waals surface area (Å²) in [5.41, 5.74) is 1.46. The third-order valence-electron chi connectivity index (χ3n) is 4.84. The quantitative estimate of drug-likeness (QED) is 0.901. The van der Waals surface area contributed by atoms with Crippen LogP contribution in [-0.4, -0.2) is 43.8 Å². The minimum absolute atomic E-state index is 0.523. The highest BCUT2D eigenvalue weighted by molar-refractivity contribution is 5.19. The summed E-state index contributed by atoms with van der Waals surface area (Å²) in [6.45, 7) is 5.38. The molecule has 0 unspecified atom stereocenters. The largest absolute Gasteiger partial charge is 0.381 e. The highest BCUT2D eigenvalue weighted by Gasteiger charge is 2.23. The molecule has 2 fully saturated rings. The fraction of sp³-hybridized carbons (Fsp3) is 0.667. The normalized spacial score (nSPS) is 23.0. The molecule has 0 spiro atoms. The molecule has 116 valence electrons. The SMILES string of the molecule is c1ccc([C@@H](CNC2CCOCC2)N2CCCCC2)cc1. The van der Waals surface area contributed by atoms with Crippen LogP contribution in [0.2, 0.25) is 0 Å². The van der Waals surface area contributed by atoms with Gasteiger partial charge in [-0.15, -0.1) is 0 Å². The smallest absolute Gasteiger partial charge is 0.0480 e. The molecule has 0 amide bonds. The van der Waals surface area contributed by atoms with E-state index in [1.807, 2.05) is 0 Å². The van der Waals surface area contributed by atoms with Crippen LogP contribution in [0.25, 0.3) is 0 Å². The predicted octanol–water partition coefficient (Wildman–Crippen LogP) is 2.98. The molecule has 1 N–H and O–H groups in total. The Kier molecular flexibility index (Phi) is 5.67. The van der Waals surface area contributed by atoms with E-state index in [-0.39, 0.29) is 0 Å². The van der Waals surface area contributed by atoms with Crippen molar-refractivity contribution in [2.24, 2.45) is 0 Å². The maximum absolute atomic E-state index is 5.46. The van der Waals surface area contributed by atoms with Gasteiger partial charge in [0.25, 0.3) is 0 Å². The van der Waals surface area contributed by atoms with Gasteiger partial charge in [-0.1, -0.05) is 36.8 Å². The topological polar surface area (TPSA) is 24.5 Å². The molecule has 1 aromatic carbocycles. The maximum Gasteiger partial charge on any atom is 0.0480 e. The van der Waals surface area contributed by atoms with Crippen molar-refractivity contribution in [2.75, 3.05) is 32.8 Å². The maximum atomic E-state index is 5.46. The average molecular weight is 288 g/mol. The first-order valence-corrected chi connectivity index (χ1v) is 8.53. The fourth-order valence-corrected chi connectivity index (χ4v) is 3.54. The van der Waals surface area contributed by atoms with Gasteiger partial charge in [0.1, 0.15) is 0 Å². The molecule has 3 rings (SSSR count). The molecule has 2 saturated heterocycles. The molecule has 1 atom stereocenters. The van der Waals surface area contributed by atoms with E-state index >= 15 is 0 Å². The van der Waals surface area contributed by atoms with Gasteiger partial charge in [0.15, 0.2) is 0 Å². The van der Waals surface area contributed by atoms with Gasteiger partial charge in [-0.25, -0.2) is 0 Å². The highest BCUT2D eigenvalue weighted by Crippen LogP contribution is 2.24. The van der Waals surface area contributed by atoms with Crippen molar-refractivity contribution < 1.29 is 4.74 Å². The van der Waals surface area contributed by atoms with Crippen LogP contribution in [0.4, 0.5) is 0 Å². The molecule has 1 aromatic rings. The molecule has 0 aromatic heterocycles. The van der Waals surface area contributed by atoms with Gasteiger partial charge in [0.05, 0.1) is 0 Å². The molecule has 2 aliphatic rings. The van der Waals surface area contributed by atoms with Crippen molar-refractivity contribution in [1.82, 2.24) is 10.2 Å². The van der Waals surface area contributed by atoms with Crippen molar-refractivity contribution in [2.45, 2.75) is 44.2 Å². The predicted molar refractivity (Wildman–Crippen MR) is 86.5 cm³/mol. The van der Waals surface area contributed by atoms with Crippen molar-refractivity contribution in [3.8, 4) is 0 Å². The lowest BCUT2D eigenvalue weighted by Gasteiger charge is -2.36. The Morgan fingerprint density at radius 2 is 1.76 bits per heavy atom. The summed E-state index contributed by atoms with van der Waals surface area (Å²) in [6, 6.07) is 12.2. The molecule has 0 radical (unpaired) electrons. The van der Waals surface area contributed by atoms with Crippen LogP contribution in [0.1, 0.15) is 43.7 Å². The second kappa shape index (κ2) is 7.92. The number of rotatable bonds is 5. The molecule has 0 saturated carbocycles. The number of nitrogens with zero attached hydrogens (tertiary/aromatic N) is 1. The van der Waals surface area contributed by atoms with E-state index in [1.165, 1.54) is 37.9 Å². The molecular formula is C18H28N2O. The van der Waals surface area contributed by atoms with E-state index in [4.69, 9.17) is 4.74 Å². The van der Waals surface area contributed by atoms with E-state index < -0.39 is 0 Å². The number of piperidine rings is 1. The van der Waals surface area contributed by atoms with Gasteiger partial charge in [-0.05, 0) is 44.3 Å². The zero-order chi connectivity index (χ0) is 14.3. The van der Waals surface area contributed by atoms with Crippen LogP contribution in [0.3, 0.4) is 0 Å². The van der Waals surface area contributed by atoms with Crippen molar-refractivity contribution >= 4 is 0 Å². The van der Waals surface area contributed by atoms with Gasteiger partial charge < -0.3 is 10.1 Å². The van der Waals surface area contributed by atoms with Gasteiger partial charge in [-0.2, -0.15) is 0 Å². The van der Waals surface area contributed by atoms with Crippen LogP contribution in [0.15, 0.2) is 30.3 Å². The van der Waals surface area contributed by atoms with Crippen molar-refractivity contribution in [3.63, 3.8) is 0 Å². The minimum Gasteiger partial charge on any atom is -0.381 e. The number of benzene rings is 1. The van der Waals surface area contributed by atoms with Crippen molar-refractivity contribution in [3.05, 3.63) is 35.9 Å². The Morgan fingerprint density at radius 1 is 1.05 bits per heavy atom. The summed E-state index contributed by atoms with van der Waals surface area (Å²) in [7, 11) is 0. The van der Waals surface area contributed by atoms with Gasteiger partial charge >= 0.3 is 0 Å². The summed E-state index contributed by atoms with van der Waals surface area (Å²) >= 11 is 0. The van der Waals surface area contributed by atoms with Crippen LogP contribution < -0.4 is 5.32 Å². The molecule has 2 heterocycles. The third-order valence-corrected chi connectivity index (χ3v) is 4.84. The number of likely N-dealkylation sites (tertiary alicyclic amines) is 1. The Balaban J connectivity index is 1.63. The second-order valence-corrected chi connectivity index (χ2v) is 6.32. The Labute approximate surface area is 128 Å². The molecule has 0 aliphatic carbocycles. The van der Waals surface area contributed by atoms with Crippen LogP contribution in [0, 0.1) is 0 Å². The molecule has 21 heavy (non-hydrogen) atoms. The van der Waals surface area contributed by atoms with Crippen molar-refractivity contribution in [1.29, 1.82) is 0 Å². The first kappa shape index (κ1) is 15.0. The number of hydrogen-bond acceptors (Lipinski definition) is 3. The Hall–Kier alpha value is -0.900. The van der Waals surface area contributed by atoms with E-state index in [0.717, 1.165) is 32.6 Å². The van der Waals surface area contributed by atoms with E-state index in [9.17, 15) is 0 Å². The van der Waals surface area contributed by atoms with E-state index in [1.54, 1.807) is 0 Å². The zero-order valence-electron chi connectivity index (χ0n) is 13.0. The molecule has 0 bridgehead atoms. The van der Waals surface area contributed by atoms with Crippen LogP contribution >= 0.6 is 0 Å². The third kappa shape index (κ3) is 4.29. The fourth-order valence-electron chi connectivity index (χ4n) is 3.54. The Bertz CT molecular complexity index is 397. The highest BCUT2D eigenvalue weighted by atomic mass is 16.5. The molecular weight excluding hydrogens is 260 g/mol. The molecule has 3 heteroatoms.